The van der Waals surface area contributed by atoms with E-state index in [-0.39, 0.29) is 17.2 Å². The molecular weight excluding hydrogens is 463 g/mol. The number of carbonyl (C=O) groups excluding carboxylic acids is 1. The molecule has 36 heavy (non-hydrogen) atoms. The first kappa shape index (κ1) is 24.1. The number of ether oxygens (including phenoxy) is 2. The van der Waals surface area contributed by atoms with Crippen LogP contribution in [-0.4, -0.2) is 60.4 Å². The Kier molecular flexibility index (Phi) is 6.07. The zero-order valence-electron chi connectivity index (χ0n) is 20.9. The second-order valence-corrected chi connectivity index (χ2v) is 10.2. The molecule has 0 bridgehead atoms. The molecule has 1 fully saturated rings. The van der Waals surface area contributed by atoms with Crippen LogP contribution in [0.25, 0.3) is 21.9 Å². The van der Waals surface area contributed by atoms with Crippen molar-refractivity contribution in [3.05, 3.63) is 35.9 Å². The zero-order chi connectivity index (χ0) is 25.6. The van der Waals surface area contributed by atoms with Gasteiger partial charge in [0.1, 0.15) is 24.2 Å². The van der Waals surface area contributed by atoms with Crippen molar-refractivity contribution in [3.63, 3.8) is 0 Å². The molecule has 5 rings (SSSR count). The van der Waals surface area contributed by atoms with Crippen LogP contribution in [0.3, 0.4) is 0 Å². The van der Waals surface area contributed by atoms with Gasteiger partial charge in [0.05, 0.1) is 5.69 Å². The van der Waals surface area contributed by atoms with Crippen molar-refractivity contribution >= 4 is 34.1 Å². The number of carbonyl (C=O) groups is 1. The Hall–Kier alpha value is -3.66. The number of nitrogens with zero attached hydrogens (tertiary/aromatic N) is 3. The van der Waals surface area contributed by atoms with Gasteiger partial charge in [-0.3, -0.25) is 5.32 Å². The number of piperidine rings is 1. The maximum atomic E-state index is 15.4. The molecule has 1 amide bonds. The third-order valence-electron chi connectivity index (χ3n) is 7.04. The van der Waals surface area contributed by atoms with E-state index < -0.39 is 11.9 Å². The third-order valence-corrected chi connectivity index (χ3v) is 7.04. The first-order valence-electron chi connectivity index (χ1n) is 12.0. The molecule has 3 aromatic rings. The highest BCUT2D eigenvalue weighted by molar-refractivity contribution is 5.99. The molecule has 10 heteroatoms. The average molecular weight is 495 g/mol. The summed E-state index contributed by atoms with van der Waals surface area (Å²) < 4.78 is 26.7. The van der Waals surface area contributed by atoms with Crippen molar-refractivity contribution in [2.24, 2.45) is 5.41 Å². The first-order chi connectivity index (χ1) is 17.1. The molecule has 2 aromatic heterocycles. The molecule has 0 saturated carbocycles. The van der Waals surface area contributed by atoms with Crippen LogP contribution in [0.5, 0.6) is 5.88 Å². The van der Waals surface area contributed by atoms with Gasteiger partial charge in [-0.05, 0) is 43.5 Å². The number of nitrogens with two attached hydrogens (primary N) is 1. The number of benzene rings is 1. The van der Waals surface area contributed by atoms with Gasteiger partial charge in [0.15, 0.2) is 5.82 Å². The highest BCUT2D eigenvalue weighted by atomic mass is 19.1. The largest absolute Gasteiger partial charge is 0.474 e. The molecular formula is C26H31FN6O3. The van der Waals surface area contributed by atoms with E-state index in [2.05, 4.69) is 46.4 Å². The highest BCUT2D eigenvalue weighted by Gasteiger charge is 2.37. The summed E-state index contributed by atoms with van der Waals surface area (Å²) in [5, 5.41) is 7.08. The number of fused-ring (bicyclic) bond motifs is 2. The summed E-state index contributed by atoms with van der Waals surface area (Å²) in [5.41, 5.74) is 8.46. The van der Waals surface area contributed by atoms with Gasteiger partial charge in [-0.15, -0.1) is 0 Å². The van der Waals surface area contributed by atoms with Crippen LogP contribution in [-0.2, 0) is 4.74 Å². The number of anilines is 3. The predicted molar refractivity (Wildman–Crippen MR) is 138 cm³/mol. The van der Waals surface area contributed by atoms with Crippen molar-refractivity contribution in [3.8, 4) is 17.0 Å². The molecule has 4 N–H and O–H groups in total. The summed E-state index contributed by atoms with van der Waals surface area (Å²) in [6, 6.07) is 3.36. The molecule has 1 atom stereocenters. The Balaban J connectivity index is 1.44. The predicted octanol–water partition coefficient (Wildman–Crippen LogP) is 4.41. The van der Waals surface area contributed by atoms with Gasteiger partial charge in [0, 0.05) is 54.0 Å². The minimum Gasteiger partial charge on any atom is -0.474 e. The Morgan fingerprint density at radius 1 is 1.31 bits per heavy atom. The van der Waals surface area contributed by atoms with Crippen LogP contribution in [0, 0.1) is 18.2 Å². The summed E-state index contributed by atoms with van der Waals surface area (Å²) in [5.74, 6) is 0.250. The number of nitrogens with one attached hydrogen (secondary N) is 2. The number of aromatic nitrogens is 2. The van der Waals surface area contributed by atoms with Gasteiger partial charge in [-0.2, -0.15) is 0 Å². The normalized spacial score (nSPS) is 19.2. The Morgan fingerprint density at radius 3 is 2.89 bits per heavy atom. The van der Waals surface area contributed by atoms with E-state index in [9.17, 15) is 4.79 Å². The monoisotopic (exact) mass is 494 g/mol. The Morgan fingerprint density at radius 2 is 2.11 bits per heavy atom. The van der Waals surface area contributed by atoms with E-state index in [1.165, 1.54) is 6.20 Å². The smallest absolute Gasteiger partial charge is 0.413 e. The van der Waals surface area contributed by atoms with Crippen LogP contribution in [0.4, 0.5) is 26.4 Å². The van der Waals surface area contributed by atoms with Crippen LogP contribution >= 0.6 is 0 Å². The maximum Gasteiger partial charge on any atom is 0.413 e. The van der Waals surface area contributed by atoms with Crippen molar-refractivity contribution in [1.82, 2.24) is 14.9 Å². The van der Waals surface area contributed by atoms with Gasteiger partial charge in [0.2, 0.25) is 5.88 Å². The van der Waals surface area contributed by atoms with Crippen molar-refractivity contribution in [2.45, 2.75) is 33.3 Å². The Labute approximate surface area is 209 Å². The molecule has 1 saturated heterocycles. The van der Waals surface area contributed by atoms with E-state index in [4.69, 9.17) is 15.2 Å². The standard InChI is InChI=1S/C26H31FN6O3/c1-14-17(11-31-24-23(14)29-6-8-35-24)16-9-15-10-20(30-12-18(15)22(28)21(16)27)32-25(34)36-19-5-7-33(4)13-26(19,2)3/h9-12,19,29H,5-8,13,28H2,1-4H3,(H,30,32,34). The number of rotatable bonds is 3. The summed E-state index contributed by atoms with van der Waals surface area (Å²) in [6.45, 7) is 8.94. The van der Waals surface area contributed by atoms with Crippen LogP contribution in [0.2, 0.25) is 0 Å². The van der Waals surface area contributed by atoms with E-state index >= 15 is 4.39 Å². The molecule has 9 nitrogen and oxygen atoms in total. The number of halogens is 1. The highest BCUT2D eigenvalue weighted by Crippen LogP contribution is 2.39. The number of amides is 1. The fourth-order valence-electron chi connectivity index (χ4n) is 5.14. The summed E-state index contributed by atoms with van der Waals surface area (Å²) in [7, 11) is 2.06. The van der Waals surface area contributed by atoms with Gasteiger partial charge < -0.3 is 25.4 Å². The fraction of sp³-hybridized carbons (Fsp3) is 0.423. The van der Waals surface area contributed by atoms with Crippen LogP contribution in [0.15, 0.2) is 24.5 Å². The minimum absolute atomic E-state index is 0.0152. The number of likely N-dealkylation sites (tertiary alicyclic amines) is 1. The van der Waals surface area contributed by atoms with Gasteiger partial charge in [-0.25, -0.2) is 19.2 Å². The zero-order valence-corrected chi connectivity index (χ0v) is 20.9. The maximum absolute atomic E-state index is 15.4. The lowest BCUT2D eigenvalue weighted by atomic mass is 9.81. The van der Waals surface area contributed by atoms with E-state index in [1.54, 1.807) is 18.3 Å². The van der Waals surface area contributed by atoms with Crippen molar-refractivity contribution in [2.75, 3.05) is 49.7 Å². The summed E-state index contributed by atoms with van der Waals surface area (Å²) in [4.78, 5) is 23.5. The average Bonchev–Trinajstić information content (AvgIpc) is 2.83. The topological polar surface area (TPSA) is 115 Å². The van der Waals surface area contributed by atoms with Crippen LogP contribution in [0.1, 0.15) is 25.8 Å². The van der Waals surface area contributed by atoms with Gasteiger partial charge in [0.25, 0.3) is 0 Å². The molecule has 2 aliphatic heterocycles. The second kappa shape index (κ2) is 9.09. The van der Waals surface area contributed by atoms with E-state index in [1.807, 2.05) is 6.92 Å². The SMILES string of the molecule is Cc1c(-c2cc3cc(NC(=O)OC4CCN(C)CC4(C)C)ncc3c(N)c2F)cnc2c1NCCO2. The lowest BCUT2D eigenvalue weighted by Gasteiger charge is -2.41. The molecule has 1 unspecified atom stereocenters. The number of pyridine rings is 2. The van der Waals surface area contributed by atoms with Crippen LogP contribution < -0.4 is 21.1 Å². The van der Waals surface area contributed by atoms with Crippen molar-refractivity contribution < 1.29 is 18.7 Å². The van der Waals surface area contributed by atoms with Gasteiger partial charge >= 0.3 is 6.09 Å². The first-order valence-corrected chi connectivity index (χ1v) is 12.0. The van der Waals surface area contributed by atoms with E-state index in [0.717, 1.165) is 30.8 Å². The number of hydrogen-bond acceptors (Lipinski definition) is 8. The minimum atomic E-state index is -0.569. The fourth-order valence-corrected chi connectivity index (χ4v) is 5.14. The lowest BCUT2D eigenvalue weighted by molar-refractivity contribution is -0.0238. The third kappa shape index (κ3) is 4.37. The molecule has 0 aliphatic carbocycles. The summed E-state index contributed by atoms with van der Waals surface area (Å²) in [6.07, 6.45) is 3.03. The molecule has 4 heterocycles. The molecule has 190 valence electrons. The lowest BCUT2D eigenvalue weighted by Crippen LogP contribution is -2.49. The summed E-state index contributed by atoms with van der Waals surface area (Å²) >= 11 is 0. The molecule has 0 spiro atoms. The number of hydrogen-bond donors (Lipinski definition) is 3. The molecule has 2 aliphatic rings. The molecule has 1 aromatic carbocycles. The molecule has 0 radical (unpaired) electrons. The number of nitrogen functional groups attached to an aromatic ring is 1. The van der Waals surface area contributed by atoms with Gasteiger partial charge in [-0.1, -0.05) is 13.8 Å². The Bertz CT molecular complexity index is 1350. The second-order valence-electron chi connectivity index (χ2n) is 10.2. The quantitative estimate of drug-likeness (QED) is 0.459. The van der Waals surface area contributed by atoms with Crippen molar-refractivity contribution in [1.29, 1.82) is 0 Å². The van der Waals surface area contributed by atoms with E-state index in [0.29, 0.717) is 46.7 Å².